The number of hydrogen-bond acceptors (Lipinski definition) is 2. The molecular formula is C17H12F5NO2. The normalized spacial score (nSPS) is 16.1. The van der Waals surface area contributed by atoms with Crippen LogP contribution >= 0.6 is 0 Å². The van der Waals surface area contributed by atoms with Gasteiger partial charge in [0.1, 0.15) is 12.4 Å². The van der Waals surface area contributed by atoms with Crippen LogP contribution in [0.1, 0.15) is 11.1 Å². The molecule has 132 valence electrons. The molecule has 0 bridgehead atoms. The molecule has 0 aromatic heterocycles. The van der Waals surface area contributed by atoms with Gasteiger partial charge < -0.3 is 10.1 Å². The Labute approximate surface area is 139 Å². The molecule has 1 aliphatic heterocycles. The van der Waals surface area contributed by atoms with Crippen LogP contribution in [0.3, 0.4) is 0 Å². The second kappa shape index (κ2) is 6.70. The zero-order valence-corrected chi connectivity index (χ0v) is 12.7. The van der Waals surface area contributed by atoms with Gasteiger partial charge in [-0.1, -0.05) is 18.2 Å². The molecule has 2 aromatic rings. The highest BCUT2D eigenvalue weighted by Crippen LogP contribution is 2.27. The largest absolute Gasteiger partial charge is 0.492 e. The molecular weight excluding hydrogens is 345 g/mol. The van der Waals surface area contributed by atoms with Crippen molar-refractivity contribution in [2.24, 2.45) is 5.92 Å². The maximum atomic E-state index is 13.6. The van der Waals surface area contributed by atoms with Gasteiger partial charge in [-0.05, 0) is 18.1 Å². The van der Waals surface area contributed by atoms with Gasteiger partial charge in [0.15, 0.2) is 23.3 Å². The molecule has 2 aromatic carbocycles. The van der Waals surface area contributed by atoms with Gasteiger partial charge in [-0.2, -0.15) is 0 Å². The summed E-state index contributed by atoms with van der Waals surface area (Å²) >= 11 is 0. The van der Waals surface area contributed by atoms with Crippen molar-refractivity contribution < 1.29 is 31.5 Å². The number of nitrogens with one attached hydrogen (secondary N) is 1. The maximum Gasteiger partial charge on any atom is 0.227 e. The number of carbonyl (C=O) groups is 1. The Hall–Kier alpha value is -2.64. The van der Waals surface area contributed by atoms with Crippen molar-refractivity contribution in [3.8, 4) is 5.75 Å². The van der Waals surface area contributed by atoms with E-state index in [-0.39, 0.29) is 6.61 Å². The molecule has 1 aliphatic rings. The van der Waals surface area contributed by atoms with Crippen molar-refractivity contribution in [1.82, 2.24) is 5.32 Å². The number of rotatable bonds is 3. The molecule has 0 unspecified atom stereocenters. The van der Waals surface area contributed by atoms with E-state index in [0.717, 1.165) is 5.56 Å². The number of ether oxygens (including phenoxy) is 1. The first-order chi connectivity index (χ1) is 11.9. The zero-order valence-electron chi connectivity index (χ0n) is 12.7. The topological polar surface area (TPSA) is 38.3 Å². The van der Waals surface area contributed by atoms with Crippen molar-refractivity contribution in [1.29, 1.82) is 0 Å². The van der Waals surface area contributed by atoms with Crippen molar-refractivity contribution in [3.05, 3.63) is 64.5 Å². The fourth-order valence-corrected chi connectivity index (χ4v) is 2.62. The molecule has 0 saturated carbocycles. The van der Waals surface area contributed by atoms with Crippen molar-refractivity contribution in [2.75, 3.05) is 6.61 Å². The number of amides is 1. The van der Waals surface area contributed by atoms with E-state index in [1.165, 1.54) is 0 Å². The summed E-state index contributed by atoms with van der Waals surface area (Å²) in [5, 5.41) is 2.20. The number of benzene rings is 2. The highest BCUT2D eigenvalue weighted by atomic mass is 19.2. The third-order valence-corrected chi connectivity index (χ3v) is 3.99. The molecule has 1 heterocycles. The minimum absolute atomic E-state index is 0.0555. The number of hydrogen-bond donors (Lipinski definition) is 1. The minimum atomic E-state index is -2.23. The second-order valence-electron chi connectivity index (χ2n) is 5.59. The number of carbonyl (C=O) groups excluding carboxylic acids is 1. The Bertz CT molecular complexity index is 811. The monoisotopic (exact) mass is 357 g/mol. The van der Waals surface area contributed by atoms with Crippen LogP contribution in [-0.4, -0.2) is 12.5 Å². The summed E-state index contributed by atoms with van der Waals surface area (Å²) < 4.78 is 71.9. The molecule has 3 nitrogen and oxygen atoms in total. The van der Waals surface area contributed by atoms with Gasteiger partial charge in [0, 0.05) is 12.1 Å². The Balaban J connectivity index is 1.72. The van der Waals surface area contributed by atoms with E-state index in [1.807, 2.05) is 0 Å². The Morgan fingerprint density at radius 3 is 2.28 bits per heavy atom. The molecule has 0 radical (unpaired) electrons. The first kappa shape index (κ1) is 17.2. The highest BCUT2D eigenvalue weighted by molar-refractivity contribution is 5.79. The lowest BCUT2D eigenvalue weighted by Crippen LogP contribution is -2.37. The van der Waals surface area contributed by atoms with Gasteiger partial charge in [0.2, 0.25) is 11.7 Å². The summed E-state index contributed by atoms with van der Waals surface area (Å²) in [6, 6.07) is 7.08. The molecule has 0 fully saturated rings. The summed E-state index contributed by atoms with van der Waals surface area (Å²) in [7, 11) is 0. The first-order valence-electron chi connectivity index (χ1n) is 7.39. The van der Waals surface area contributed by atoms with Gasteiger partial charge >= 0.3 is 0 Å². The summed E-state index contributed by atoms with van der Waals surface area (Å²) in [4.78, 5) is 12.1. The van der Waals surface area contributed by atoms with Crippen molar-refractivity contribution >= 4 is 5.91 Å². The third-order valence-electron chi connectivity index (χ3n) is 3.99. The molecule has 0 saturated heterocycles. The van der Waals surface area contributed by atoms with Crippen LogP contribution in [0.15, 0.2) is 24.3 Å². The Morgan fingerprint density at radius 1 is 1.00 bits per heavy atom. The van der Waals surface area contributed by atoms with Crippen molar-refractivity contribution in [2.45, 2.75) is 13.0 Å². The molecule has 1 amide bonds. The molecule has 1 N–H and O–H groups in total. The second-order valence-corrected chi connectivity index (χ2v) is 5.59. The van der Waals surface area contributed by atoms with E-state index < -0.39 is 53.0 Å². The average molecular weight is 357 g/mol. The summed E-state index contributed by atoms with van der Waals surface area (Å²) in [5.41, 5.74) is -0.285. The molecule has 0 aliphatic carbocycles. The lowest BCUT2D eigenvalue weighted by Gasteiger charge is -2.24. The Morgan fingerprint density at radius 2 is 1.60 bits per heavy atom. The van der Waals surface area contributed by atoms with Crippen LogP contribution < -0.4 is 10.1 Å². The maximum absolute atomic E-state index is 13.6. The molecule has 0 spiro atoms. The van der Waals surface area contributed by atoms with Crippen LogP contribution in [0.4, 0.5) is 22.0 Å². The van der Waals surface area contributed by atoms with Gasteiger partial charge in [-0.15, -0.1) is 0 Å². The smallest absolute Gasteiger partial charge is 0.227 e. The quantitative estimate of drug-likeness (QED) is 0.520. The van der Waals surface area contributed by atoms with Gasteiger partial charge in [0.05, 0.1) is 5.92 Å². The average Bonchev–Trinajstić information content (AvgIpc) is 2.64. The number of para-hydroxylation sites is 1. The molecule has 8 heteroatoms. The molecule has 25 heavy (non-hydrogen) atoms. The van der Waals surface area contributed by atoms with E-state index >= 15 is 0 Å². The van der Waals surface area contributed by atoms with Gasteiger partial charge in [-0.25, -0.2) is 22.0 Å². The lowest BCUT2D eigenvalue weighted by molar-refractivity contribution is -0.126. The van der Waals surface area contributed by atoms with Crippen LogP contribution in [0, 0.1) is 35.0 Å². The number of fused-ring (bicyclic) bond motifs is 1. The molecule has 3 rings (SSSR count). The minimum Gasteiger partial charge on any atom is -0.492 e. The summed E-state index contributed by atoms with van der Waals surface area (Å²) in [6.45, 7) is -0.761. The zero-order chi connectivity index (χ0) is 18.1. The van der Waals surface area contributed by atoms with Crippen molar-refractivity contribution in [3.63, 3.8) is 0 Å². The van der Waals surface area contributed by atoms with Crippen LogP contribution in [-0.2, 0) is 17.8 Å². The van der Waals surface area contributed by atoms with E-state index in [9.17, 15) is 26.7 Å². The van der Waals surface area contributed by atoms with E-state index in [4.69, 9.17) is 4.74 Å². The highest BCUT2D eigenvalue weighted by Gasteiger charge is 2.28. The van der Waals surface area contributed by atoms with E-state index in [1.54, 1.807) is 24.3 Å². The SMILES string of the molecule is O=C(NCc1c(F)c(F)c(F)c(F)c1F)[C@H]1COc2ccccc2C1. The van der Waals surface area contributed by atoms with Gasteiger partial charge in [0.25, 0.3) is 0 Å². The summed E-state index contributed by atoms with van der Waals surface area (Å²) in [6.07, 6.45) is 0.346. The summed E-state index contributed by atoms with van der Waals surface area (Å²) in [5.74, 6) is -10.8. The van der Waals surface area contributed by atoms with Crippen LogP contribution in [0.2, 0.25) is 0 Å². The third kappa shape index (κ3) is 3.16. The lowest BCUT2D eigenvalue weighted by atomic mass is 9.96. The predicted molar refractivity (Wildman–Crippen MR) is 77.2 cm³/mol. The fourth-order valence-electron chi connectivity index (χ4n) is 2.62. The Kier molecular flexibility index (Phi) is 4.61. The van der Waals surface area contributed by atoms with Crippen LogP contribution in [0.5, 0.6) is 5.75 Å². The van der Waals surface area contributed by atoms with E-state index in [0.29, 0.717) is 12.2 Å². The first-order valence-corrected chi connectivity index (χ1v) is 7.39. The van der Waals surface area contributed by atoms with Crippen LogP contribution in [0.25, 0.3) is 0 Å². The number of halogens is 5. The predicted octanol–water partition coefficient (Wildman–Crippen LogP) is 3.25. The fraction of sp³-hybridized carbons (Fsp3) is 0.235. The van der Waals surface area contributed by atoms with Gasteiger partial charge in [-0.3, -0.25) is 4.79 Å². The standard InChI is InChI=1S/C17H12F5NO2/c18-12-10(13(19)15(21)16(22)14(12)20)6-23-17(24)9-5-8-3-1-2-4-11(8)25-7-9/h1-4,9H,5-7H2,(H,23,24)/t9-/m1/s1. The molecule has 1 atom stereocenters. The van der Waals surface area contributed by atoms with E-state index in [2.05, 4.69) is 5.32 Å².